The highest BCUT2D eigenvalue weighted by Crippen LogP contribution is 2.06. The summed E-state index contributed by atoms with van der Waals surface area (Å²) >= 11 is 0. The minimum Gasteiger partial charge on any atom is -0.379 e. The van der Waals surface area contributed by atoms with Gasteiger partial charge >= 0.3 is 0 Å². The molecule has 98 valence electrons. The fraction of sp³-hybridized carbons (Fsp3) is 0.833. The molecule has 0 aromatic rings. The van der Waals surface area contributed by atoms with Gasteiger partial charge in [-0.2, -0.15) is 0 Å². The number of Topliss-reactive ketones (excluding diaryl/α,β-unsaturated/α-hetero) is 1. The molecule has 0 saturated carbocycles. The molecule has 1 aliphatic heterocycles. The van der Waals surface area contributed by atoms with Gasteiger partial charge in [0.25, 0.3) is 0 Å². The van der Waals surface area contributed by atoms with Gasteiger partial charge in [0.05, 0.1) is 12.7 Å². The van der Waals surface area contributed by atoms with Crippen molar-refractivity contribution in [3.63, 3.8) is 0 Å². The summed E-state index contributed by atoms with van der Waals surface area (Å²) in [7, 11) is 0. The van der Waals surface area contributed by atoms with Gasteiger partial charge in [0.15, 0.2) is 0 Å². The monoisotopic (exact) mass is 243 g/mol. The van der Waals surface area contributed by atoms with Gasteiger partial charge in [0, 0.05) is 32.5 Å². The Kier molecular flexibility index (Phi) is 6.15. The lowest BCUT2D eigenvalue weighted by atomic mass is 10.1. The molecule has 1 amide bonds. The van der Waals surface area contributed by atoms with Gasteiger partial charge in [-0.05, 0) is 13.8 Å². The third kappa shape index (κ3) is 5.28. The average molecular weight is 243 g/mol. The summed E-state index contributed by atoms with van der Waals surface area (Å²) in [5.74, 6) is 0.195. The van der Waals surface area contributed by atoms with Crippen LogP contribution in [0.15, 0.2) is 0 Å². The highest BCUT2D eigenvalue weighted by atomic mass is 16.5. The number of hydrogen-bond donors (Lipinski definition) is 0. The molecule has 5 heteroatoms. The van der Waals surface area contributed by atoms with Crippen molar-refractivity contribution in [2.24, 2.45) is 0 Å². The number of hydrogen-bond acceptors (Lipinski definition) is 4. The van der Waals surface area contributed by atoms with Gasteiger partial charge in [-0.25, -0.2) is 0 Å². The zero-order valence-electron chi connectivity index (χ0n) is 10.6. The van der Waals surface area contributed by atoms with Crippen molar-refractivity contribution in [1.29, 1.82) is 0 Å². The average Bonchev–Trinajstić information content (AvgIpc) is 2.34. The smallest absolute Gasteiger partial charge is 0.248 e. The van der Waals surface area contributed by atoms with Crippen molar-refractivity contribution in [2.75, 3.05) is 32.9 Å². The first kappa shape index (κ1) is 14.1. The number of amides is 1. The molecule has 1 atom stereocenters. The fourth-order valence-electron chi connectivity index (χ4n) is 1.64. The van der Waals surface area contributed by atoms with E-state index in [1.165, 1.54) is 0 Å². The van der Waals surface area contributed by atoms with Crippen LogP contribution in [0.4, 0.5) is 0 Å². The van der Waals surface area contributed by atoms with E-state index in [-0.39, 0.29) is 24.4 Å². The quantitative estimate of drug-likeness (QED) is 0.686. The van der Waals surface area contributed by atoms with E-state index in [1.54, 1.807) is 4.90 Å². The van der Waals surface area contributed by atoms with Crippen LogP contribution in [-0.4, -0.2) is 55.6 Å². The van der Waals surface area contributed by atoms with E-state index in [0.29, 0.717) is 39.1 Å². The van der Waals surface area contributed by atoms with Crippen LogP contribution in [0.1, 0.15) is 26.7 Å². The van der Waals surface area contributed by atoms with Crippen molar-refractivity contribution < 1.29 is 19.1 Å². The molecule has 1 rings (SSSR count). The zero-order chi connectivity index (χ0) is 12.7. The number of carbonyl (C=O) groups excluding carboxylic acids is 2. The zero-order valence-corrected chi connectivity index (χ0v) is 10.6. The van der Waals surface area contributed by atoms with Gasteiger partial charge in [-0.1, -0.05) is 0 Å². The van der Waals surface area contributed by atoms with Crippen LogP contribution in [0.2, 0.25) is 0 Å². The first-order valence-electron chi connectivity index (χ1n) is 6.12. The van der Waals surface area contributed by atoms with Gasteiger partial charge in [0.2, 0.25) is 5.91 Å². The summed E-state index contributed by atoms with van der Waals surface area (Å²) < 4.78 is 10.6. The molecule has 0 aliphatic carbocycles. The van der Waals surface area contributed by atoms with Crippen LogP contribution >= 0.6 is 0 Å². The molecule has 0 radical (unpaired) electrons. The molecular formula is C12H21NO4. The topological polar surface area (TPSA) is 55.8 Å². The van der Waals surface area contributed by atoms with Gasteiger partial charge in [0.1, 0.15) is 12.4 Å². The van der Waals surface area contributed by atoms with E-state index in [1.807, 2.05) is 13.8 Å². The van der Waals surface area contributed by atoms with Crippen LogP contribution in [-0.2, 0) is 19.1 Å². The van der Waals surface area contributed by atoms with Gasteiger partial charge in [-0.3, -0.25) is 9.59 Å². The van der Waals surface area contributed by atoms with E-state index in [9.17, 15) is 9.59 Å². The lowest BCUT2D eigenvalue weighted by Gasteiger charge is -2.26. The van der Waals surface area contributed by atoms with E-state index >= 15 is 0 Å². The minimum atomic E-state index is -0.0784. The summed E-state index contributed by atoms with van der Waals surface area (Å²) in [5, 5.41) is 0. The Morgan fingerprint density at radius 1 is 1.41 bits per heavy atom. The number of ether oxygens (including phenoxy) is 2. The molecule has 0 aromatic carbocycles. The Bertz CT molecular complexity index is 257. The predicted octanol–water partition coefficient (Wildman–Crippen LogP) is 0.620. The first-order chi connectivity index (χ1) is 8.13. The maximum Gasteiger partial charge on any atom is 0.248 e. The maximum atomic E-state index is 11.7. The molecular weight excluding hydrogens is 222 g/mol. The standard InChI is InChI=1S/C12H21NO4/c1-3-16-8-10(2)17-9-12(15)13-6-4-11(14)5-7-13/h10H,3-9H2,1-2H3. The highest BCUT2D eigenvalue weighted by molar-refractivity contribution is 5.83. The minimum absolute atomic E-state index is 0.0409. The maximum absolute atomic E-state index is 11.7. The summed E-state index contributed by atoms with van der Waals surface area (Å²) in [6.45, 7) is 6.08. The third-order valence-corrected chi connectivity index (χ3v) is 2.72. The lowest BCUT2D eigenvalue weighted by Crippen LogP contribution is -2.41. The Morgan fingerprint density at radius 2 is 2.06 bits per heavy atom. The predicted molar refractivity (Wildman–Crippen MR) is 62.7 cm³/mol. The number of nitrogens with zero attached hydrogens (tertiary/aromatic N) is 1. The third-order valence-electron chi connectivity index (χ3n) is 2.72. The second-order valence-corrected chi connectivity index (χ2v) is 4.20. The van der Waals surface area contributed by atoms with Crippen molar-refractivity contribution in [2.45, 2.75) is 32.8 Å². The summed E-state index contributed by atoms with van der Waals surface area (Å²) in [6.07, 6.45) is 0.867. The van der Waals surface area contributed by atoms with Gasteiger partial charge < -0.3 is 14.4 Å². The Hall–Kier alpha value is -0.940. The van der Waals surface area contributed by atoms with Crippen LogP contribution in [0.3, 0.4) is 0 Å². The number of likely N-dealkylation sites (tertiary alicyclic amines) is 1. The number of ketones is 1. The molecule has 1 saturated heterocycles. The van der Waals surface area contributed by atoms with Crippen molar-refractivity contribution >= 4 is 11.7 Å². The van der Waals surface area contributed by atoms with Crippen LogP contribution < -0.4 is 0 Å². The molecule has 5 nitrogen and oxygen atoms in total. The second-order valence-electron chi connectivity index (χ2n) is 4.20. The van der Waals surface area contributed by atoms with Crippen molar-refractivity contribution in [3.8, 4) is 0 Å². The second kappa shape index (κ2) is 7.40. The van der Waals surface area contributed by atoms with Crippen LogP contribution in [0.25, 0.3) is 0 Å². The molecule has 0 bridgehead atoms. The molecule has 0 spiro atoms. The molecule has 17 heavy (non-hydrogen) atoms. The SMILES string of the molecule is CCOCC(C)OCC(=O)N1CCC(=O)CC1. The van der Waals surface area contributed by atoms with Crippen LogP contribution in [0.5, 0.6) is 0 Å². The number of piperidine rings is 1. The number of carbonyl (C=O) groups is 2. The molecule has 0 N–H and O–H groups in total. The largest absolute Gasteiger partial charge is 0.379 e. The molecule has 1 unspecified atom stereocenters. The van der Waals surface area contributed by atoms with Crippen molar-refractivity contribution in [3.05, 3.63) is 0 Å². The van der Waals surface area contributed by atoms with E-state index in [0.717, 1.165) is 0 Å². The van der Waals surface area contributed by atoms with E-state index in [2.05, 4.69) is 0 Å². The normalized spacial score (nSPS) is 18.2. The van der Waals surface area contributed by atoms with E-state index < -0.39 is 0 Å². The van der Waals surface area contributed by atoms with Crippen molar-refractivity contribution in [1.82, 2.24) is 4.90 Å². The molecule has 1 aliphatic rings. The molecule has 0 aromatic heterocycles. The fourth-order valence-corrected chi connectivity index (χ4v) is 1.64. The lowest BCUT2D eigenvalue weighted by molar-refractivity contribution is -0.141. The highest BCUT2D eigenvalue weighted by Gasteiger charge is 2.21. The summed E-state index contributed by atoms with van der Waals surface area (Å²) in [4.78, 5) is 24.5. The summed E-state index contributed by atoms with van der Waals surface area (Å²) in [5.41, 5.74) is 0. The Labute approximate surface area is 102 Å². The Balaban J connectivity index is 2.18. The van der Waals surface area contributed by atoms with E-state index in [4.69, 9.17) is 9.47 Å². The van der Waals surface area contributed by atoms with Crippen LogP contribution in [0, 0.1) is 0 Å². The Morgan fingerprint density at radius 3 is 2.65 bits per heavy atom. The first-order valence-corrected chi connectivity index (χ1v) is 6.12. The molecule has 1 fully saturated rings. The summed E-state index contributed by atoms with van der Waals surface area (Å²) in [6, 6.07) is 0. The molecule has 1 heterocycles. The number of rotatable bonds is 6. The van der Waals surface area contributed by atoms with Gasteiger partial charge in [-0.15, -0.1) is 0 Å².